The second kappa shape index (κ2) is 6.70. The highest BCUT2D eigenvalue weighted by Crippen LogP contribution is 2.22. The number of nitrogens with zero attached hydrogens (tertiary/aromatic N) is 2. The SMILES string of the molecule is CCCCCn1c(C)ccc(-c2csc(NC)n2)c1=O. The largest absolute Gasteiger partial charge is 0.365 e. The fraction of sp³-hybridized carbons (Fsp3) is 0.467. The van der Waals surface area contributed by atoms with Gasteiger partial charge in [0.05, 0.1) is 11.3 Å². The predicted molar refractivity (Wildman–Crippen MR) is 85.6 cm³/mol. The first kappa shape index (κ1) is 14.8. The van der Waals surface area contributed by atoms with Crippen LogP contribution in [0.25, 0.3) is 11.3 Å². The molecule has 0 spiro atoms. The summed E-state index contributed by atoms with van der Waals surface area (Å²) in [6.45, 7) is 4.94. The standard InChI is InChI=1S/C15H21N3OS/c1-4-5-6-9-18-11(2)7-8-12(14(18)19)13-10-20-15(16-3)17-13/h7-8,10H,4-6,9H2,1-3H3,(H,16,17). The van der Waals surface area contributed by atoms with Crippen LogP contribution < -0.4 is 10.9 Å². The van der Waals surface area contributed by atoms with Gasteiger partial charge in [-0.15, -0.1) is 11.3 Å². The van der Waals surface area contributed by atoms with E-state index >= 15 is 0 Å². The topological polar surface area (TPSA) is 46.9 Å². The van der Waals surface area contributed by atoms with Gasteiger partial charge in [0.2, 0.25) is 0 Å². The van der Waals surface area contributed by atoms with E-state index < -0.39 is 0 Å². The molecule has 0 fully saturated rings. The molecular weight excluding hydrogens is 270 g/mol. The predicted octanol–water partition coefficient (Wildman–Crippen LogP) is 3.51. The Morgan fingerprint density at radius 1 is 1.35 bits per heavy atom. The van der Waals surface area contributed by atoms with Crippen molar-refractivity contribution in [2.24, 2.45) is 0 Å². The highest BCUT2D eigenvalue weighted by Gasteiger charge is 2.11. The normalized spacial score (nSPS) is 10.8. The van der Waals surface area contributed by atoms with Crippen LogP contribution in [0, 0.1) is 6.92 Å². The number of hydrogen-bond acceptors (Lipinski definition) is 4. The first-order valence-electron chi connectivity index (χ1n) is 7.01. The maximum atomic E-state index is 12.6. The lowest BCUT2D eigenvalue weighted by Gasteiger charge is -2.11. The number of hydrogen-bond donors (Lipinski definition) is 1. The Kier molecular flexibility index (Phi) is 4.95. The highest BCUT2D eigenvalue weighted by molar-refractivity contribution is 7.14. The average molecular weight is 291 g/mol. The van der Waals surface area contributed by atoms with Crippen molar-refractivity contribution in [3.63, 3.8) is 0 Å². The van der Waals surface area contributed by atoms with E-state index in [9.17, 15) is 4.79 Å². The minimum absolute atomic E-state index is 0.0639. The molecule has 5 heteroatoms. The van der Waals surface area contributed by atoms with Crippen LogP contribution >= 0.6 is 11.3 Å². The number of aromatic nitrogens is 2. The van der Waals surface area contributed by atoms with Crippen molar-refractivity contribution in [1.82, 2.24) is 9.55 Å². The van der Waals surface area contributed by atoms with E-state index in [-0.39, 0.29) is 5.56 Å². The van der Waals surface area contributed by atoms with Crippen LogP contribution in [0.3, 0.4) is 0 Å². The van der Waals surface area contributed by atoms with E-state index in [0.29, 0.717) is 5.56 Å². The average Bonchev–Trinajstić information content (AvgIpc) is 2.91. The molecule has 0 radical (unpaired) electrons. The second-order valence-corrected chi connectivity index (χ2v) is 5.70. The zero-order valence-electron chi connectivity index (χ0n) is 12.3. The molecule has 0 amide bonds. The van der Waals surface area contributed by atoms with Crippen molar-refractivity contribution >= 4 is 16.5 Å². The number of rotatable bonds is 6. The van der Waals surface area contributed by atoms with Gasteiger partial charge in [-0.05, 0) is 25.5 Å². The summed E-state index contributed by atoms with van der Waals surface area (Å²) in [4.78, 5) is 17.0. The van der Waals surface area contributed by atoms with Crippen molar-refractivity contribution in [3.8, 4) is 11.3 Å². The molecular formula is C15H21N3OS. The van der Waals surface area contributed by atoms with Crippen molar-refractivity contribution in [2.45, 2.75) is 39.7 Å². The number of nitrogens with one attached hydrogen (secondary N) is 1. The van der Waals surface area contributed by atoms with Gasteiger partial charge in [0.25, 0.3) is 5.56 Å². The molecule has 0 aliphatic rings. The first-order valence-corrected chi connectivity index (χ1v) is 7.89. The zero-order valence-corrected chi connectivity index (χ0v) is 13.1. The summed E-state index contributed by atoms with van der Waals surface area (Å²) < 4.78 is 1.86. The van der Waals surface area contributed by atoms with Crippen molar-refractivity contribution in [1.29, 1.82) is 0 Å². The Labute approximate surface area is 123 Å². The van der Waals surface area contributed by atoms with Crippen LogP contribution in [0.4, 0.5) is 5.13 Å². The molecule has 1 N–H and O–H groups in total. The number of thiazole rings is 1. The molecule has 2 heterocycles. The molecule has 0 saturated heterocycles. The smallest absolute Gasteiger partial charge is 0.260 e. The van der Waals surface area contributed by atoms with Crippen LogP contribution in [0.5, 0.6) is 0 Å². The molecule has 0 bridgehead atoms. The van der Waals surface area contributed by atoms with Gasteiger partial charge in [-0.25, -0.2) is 4.98 Å². The molecule has 108 valence electrons. The zero-order chi connectivity index (χ0) is 14.5. The number of aryl methyl sites for hydroxylation is 1. The van der Waals surface area contributed by atoms with Gasteiger partial charge >= 0.3 is 0 Å². The molecule has 0 saturated carbocycles. The van der Waals surface area contributed by atoms with E-state index in [1.165, 1.54) is 11.3 Å². The van der Waals surface area contributed by atoms with E-state index in [0.717, 1.165) is 42.3 Å². The summed E-state index contributed by atoms with van der Waals surface area (Å²) in [6, 6.07) is 3.88. The van der Waals surface area contributed by atoms with Crippen LogP contribution in [-0.2, 0) is 6.54 Å². The Morgan fingerprint density at radius 3 is 2.80 bits per heavy atom. The maximum Gasteiger partial charge on any atom is 0.260 e. The molecule has 2 rings (SSSR count). The Hall–Kier alpha value is -1.62. The van der Waals surface area contributed by atoms with Crippen LogP contribution in [0.15, 0.2) is 22.3 Å². The van der Waals surface area contributed by atoms with Gasteiger partial charge in [0.1, 0.15) is 0 Å². The molecule has 20 heavy (non-hydrogen) atoms. The van der Waals surface area contributed by atoms with Gasteiger partial charge in [-0.2, -0.15) is 0 Å². The van der Waals surface area contributed by atoms with E-state index in [1.807, 2.05) is 36.1 Å². The molecule has 0 unspecified atom stereocenters. The maximum absolute atomic E-state index is 12.6. The van der Waals surface area contributed by atoms with Gasteiger partial charge in [0, 0.05) is 24.7 Å². The summed E-state index contributed by atoms with van der Waals surface area (Å²) in [5.41, 5.74) is 2.52. The first-order chi connectivity index (χ1) is 9.67. The third-order valence-electron chi connectivity index (χ3n) is 3.37. The summed E-state index contributed by atoms with van der Waals surface area (Å²) in [6.07, 6.45) is 3.35. The Balaban J connectivity index is 2.35. The van der Waals surface area contributed by atoms with Crippen LogP contribution in [0.2, 0.25) is 0 Å². The van der Waals surface area contributed by atoms with E-state index in [4.69, 9.17) is 0 Å². The summed E-state index contributed by atoms with van der Waals surface area (Å²) in [7, 11) is 1.83. The third-order valence-corrected chi connectivity index (χ3v) is 4.23. The van der Waals surface area contributed by atoms with Crippen molar-refractivity contribution in [2.75, 3.05) is 12.4 Å². The molecule has 4 nitrogen and oxygen atoms in total. The summed E-state index contributed by atoms with van der Waals surface area (Å²) in [5, 5.41) is 5.76. The molecule has 0 aliphatic heterocycles. The van der Waals surface area contributed by atoms with Gasteiger partial charge < -0.3 is 9.88 Å². The Morgan fingerprint density at radius 2 is 2.15 bits per heavy atom. The lowest BCUT2D eigenvalue weighted by Crippen LogP contribution is -2.23. The minimum atomic E-state index is 0.0639. The van der Waals surface area contributed by atoms with E-state index in [1.54, 1.807) is 0 Å². The molecule has 0 aliphatic carbocycles. The third kappa shape index (κ3) is 3.10. The van der Waals surface area contributed by atoms with Crippen molar-refractivity contribution in [3.05, 3.63) is 33.6 Å². The van der Waals surface area contributed by atoms with Gasteiger partial charge in [0.15, 0.2) is 5.13 Å². The fourth-order valence-corrected chi connectivity index (χ4v) is 2.85. The second-order valence-electron chi connectivity index (χ2n) is 4.84. The van der Waals surface area contributed by atoms with Gasteiger partial charge in [-0.3, -0.25) is 4.79 Å². The highest BCUT2D eigenvalue weighted by atomic mass is 32.1. The molecule has 2 aromatic rings. The monoisotopic (exact) mass is 291 g/mol. The molecule has 0 atom stereocenters. The summed E-state index contributed by atoms with van der Waals surface area (Å²) >= 11 is 1.51. The van der Waals surface area contributed by atoms with Crippen LogP contribution in [0.1, 0.15) is 31.9 Å². The number of pyridine rings is 1. The number of unbranched alkanes of at least 4 members (excludes halogenated alkanes) is 2. The minimum Gasteiger partial charge on any atom is -0.365 e. The van der Waals surface area contributed by atoms with Crippen molar-refractivity contribution < 1.29 is 0 Å². The summed E-state index contributed by atoms with van der Waals surface area (Å²) in [5.74, 6) is 0. The Bertz CT molecular complexity index is 630. The number of anilines is 1. The quantitative estimate of drug-likeness (QED) is 0.828. The lowest BCUT2D eigenvalue weighted by atomic mass is 10.2. The lowest BCUT2D eigenvalue weighted by molar-refractivity contribution is 0.577. The molecule has 2 aromatic heterocycles. The van der Waals surface area contributed by atoms with Gasteiger partial charge in [-0.1, -0.05) is 19.8 Å². The van der Waals surface area contributed by atoms with E-state index in [2.05, 4.69) is 17.2 Å². The van der Waals surface area contributed by atoms with Crippen LogP contribution in [-0.4, -0.2) is 16.6 Å². The fourth-order valence-electron chi connectivity index (χ4n) is 2.18. The molecule has 0 aromatic carbocycles.